The summed E-state index contributed by atoms with van der Waals surface area (Å²) in [5, 5.41) is 53.6. The summed E-state index contributed by atoms with van der Waals surface area (Å²) >= 11 is 4.04. The predicted molar refractivity (Wildman–Crippen MR) is 193 cm³/mol. The fourth-order valence-corrected chi connectivity index (χ4v) is 4.77. The molecule has 54 heavy (non-hydrogen) atoms. The van der Waals surface area contributed by atoms with Crippen LogP contribution in [0.3, 0.4) is 0 Å². The number of nitrogens with one attached hydrogen (secondary N) is 7. The van der Waals surface area contributed by atoms with Crippen molar-refractivity contribution in [1.82, 2.24) is 37.2 Å². The lowest BCUT2D eigenvalue weighted by Gasteiger charge is -2.22. The monoisotopic (exact) mass is 783 g/mol. The van der Waals surface area contributed by atoms with Gasteiger partial charge >= 0.3 is 35.9 Å². The fourth-order valence-electron chi connectivity index (χ4n) is 4.68. The number of unbranched alkanes of at least 4 members (excludes halogenated alkanes) is 1. The minimum Gasteiger partial charge on any atom is -0.481 e. The normalized spacial score (nSPS) is 13.4. The van der Waals surface area contributed by atoms with Crippen molar-refractivity contribution < 1.29 is 63.6 Å². The number of carboxylic acids is 4. The Morgan fingerprint density at radius 1 is 0.611 bits per heavy atom. The van der Waals surface area contributed by atoms with Gasteiger partial charge in [0.2, 0.25) is 17.7 Å². The second-order valence-corrected chi connectivity index (χ2v) is 12.8. The number of rotatable bonds is 25. The Kier molecular flexibility index (Phi) is 21.2. The largest absolute Gasteiger partial charge is 0.481 e. The number of carbonyl (C=O) groups excluding carboxylic acids is 5. The lowest BCUT2D eigenvalue weighted by molar-refractivity contribution is -0.143. The van der Waals surface area contributed by atoms with Gasteiger partial charge in [-0.05, 0) is 50.7 Å². The number of aliphatic carboxylic acids is 4. The van der Waals surface area contributed by atoms with E-state index in [4.69, 9.17) is 10.2 Å². The van der Waals surface area contributed by atoms with E-state index < -0.39 is 97.1 Å². The van der Waals surface area contributed by atoms with Crippen molar-refractivity contribution in [2.45, 2.75) is 102 Å². The first-order chi connectivity index (χ1) is 25.4. The van der Waals surface area contributed by atoms with Gasteiger partial charge in [-0.3, -0.25) is 28.8 Å². The van der Waals surface area contributed by atoms with E-state index in [9.17, 15) is 53.4 Å². The van der Waals surface area contributed by atoms with Gasteiger partial charge in [0.15, 0.2) is 0 Å². The Hall–Kier alpha value is -5.60. The van der Waals surface area contributed by atoms with Crippen molar-refractivity contribution in [3.05, 3.63) is 35.4 Å². The molecular formula is C33H49N7O13S. The summed E-state index contributed by atoms with van der Waals surface area (Å²) in [5.41, 5.74) is 1.19. The van der Waals surface area contributed by atoms with E-state index in [0.29, 0.717) is 36.9 Å². The standard InChI is InChI=1S/C33H49N7O13S/c1-18(37-33(53)40-22(31(50)51)10-11-26(42)43)5-3-4-12-34-32(52)35-16-21-8-6-20(7-9-21)13-25(41)38-23(14-27(44)45)30(49)39-24(15-28(46)47)29(48)36-19(2)17-54/h6-9,18-19,22-24,54H,3-5,10-17H2,1-2H3,(H,36,48)(H,38,41)(H,39,49)(H,42,43)(H,44,45)(H,46,47)(H,50,51)(H2,34,35,52)(H2,37,40,53)/t18-,19-,22+,23-,24-/m1/s1. The lowest BCUT2D eigenvalue weighted by Crippen LogP contribution is -2.56. The molecule has 0 aliphatic heterocycles. The molecule has 0 radical (unpaired) electrons. The molecule has 1 rings (SSSR count). The third-order valence-corrected chi connectivity index (χ3v) is 8.07. The molecule has 7 amide bonds. The van der Waals surface area contributed by atoms with Crippen LogP contribution in [-0.2, 0) is 46.5 Å². The molecule has 300 valence electrons. The summed E-state index contributed by atoms with van der Waals surface area (Å²) in [6.07, 6.45) is -0.788. The molecule has 1 aromatic rings. The Bertz CT molecular complexity index is 1480. The Morgan fingerprint density at radius 2 is 1.19 bits per heavy atom. The molecule has 0 saturated carbocycles. The molecule has 0 aliphatic carbocycles. The van der Waals surface area contributed by atoms with Crippen LogP contribution in [0.1, 0.15) is 69.9 Å². The highest BCUT2D eigenvalue weighted by molar-refractivity contribution is 7.80. The predicted octanol–water partition coefficient (Wildman–Crippen LogP) is -0.442. The first-order valence-electron chi connectivity index (χ1n) is 17.0. The molecule has 0 unspecified atom stereocenters. The molecule has 20 nitrogen and oxygen atoms in total. The zero-order valence-electron chi connectivity index (χ0n) is 29.9. The van der Waals surface area contributed by atoms with Crippen molar-refractivity contribution >= 4 is 66.3 Å². The maximum Gasteiger partial charge on any atom is 0.326 e. The van der Waals surface area contributed by atoms with E-state index >= 15 is 0 Å². The van der Waals surface area contributed by atoms with E-state index in [0.717, 1.165) is 0 Å². The molecular weight excluding hydrogens is 734 g/mol. The van der Waals surface area contributed by atoms with E-state index in [1.165, 1.54) is 0 Å². The lowest BCUT2D eigenvalue weighted by atomic mass is 10.1. The van der Waals surface area contributed by atoms with Gasteiger partial charge in [-0.15, -0.1) is 0 Å². The number of carboxylic acid groups (broad SMARTS) is 4. The zero-order chi connectivity index (χ0) is 40.8. The van der Waals surface area contributed by atoms with Crippen LogP contribution in [0.5, 0.6) is 0 Å². The van der Waals surface area contributed by atoms with Crippen LogP contribution < -0.4 is 37.2 Å². The summed E-state index contributed by atoms with van der Waals surface area (Å²) in [6.45, 7) is 3.81. The zero-order valence-corrected chi connectivity index (χ0v) is 30.8. The van der Waals surface area contributed by atoms with Crippen LogP contribution in [0.15, 0.2) is 24.3 Å². The molecule has 0 spiro atoms. The molecule has 0 bridgehead atoms. The van der Waals surface area contributed by atoms with Crippen LogP contribution >= 0.6 is 12.6 Å². The summed E-state index contributed by atoms with van der Waals surface area (Å²) in [5.74, 6) is -7.67. The summed E-state index contributed by atoms with van der Waals surface area (Å²) in [4.78, 5) is 107. The minimum atomic E-state index is -1.60. The maximum atomic E-state index is 12.9. The van der Waals surface area contributed by atoms with Gasteiger partial charge in [-0.1, -0.05) is 24.3 Å². The second kappa shape index (κ2) is 24.6. The minimum absolute atomic E-state index is 0.150. The Labute approximate surface area is 316 Å². The van der Waals surface area contributed by atoms with E-state index in [1.807, 2.05) is 0 Å². The van der Waals surface area contributed by atoms with Crippen molar-refractivity contribution in [2.75, 3.05) is 12.3 Å². The third-order valence-electron chi connectivity index (χ3n) is 7.52. The maximum absolute atomic E-state index is 12.9. The number of thiol groups is 1. The van der Waals surface area contributed by atoms with Gasteiger partial charge in [0.25, 0.3) is 0 Å². The number of carbonyl (C=O) groups is 9. The highest BCUT2D eigenvalue weighted by Gasteiger charge is 2.30. The van der Waals surface area contributed by atoms with E-state index in [2.05, 4.69) is 49.8 Å². The number of hydrogen-bond donors (Lipinski definition) is 12. The van der Waals surface area contributed by atoms with Gasteiger partial charge in [0, 0.05) is 37.3 Å². The molecule has 0 fully saturated rings. The van der Waals surface area contributed by atoms with Gasteiger partial charge < -0.3 is 57.6 Å². The van der Waals surface area contributed by atoms with Crippen molar-refractivity contribution in [3.8, 4) is 0 Å². The smallest absolute Gasteiger partial charge is 0.326 e. The quantitative estimate of drug-likeness (QED) is 0.0443. The van der Waals surface area contributed by atoms with Crippen LogP contribution in [0.25, 0.3) is 0 Å². The van der Waals surface area contributed by atoms with Crippen molar-refractivity contribution in [3.63, 3.8) is 0 Å². The molecule has 21 heteroatoms. The fraction of sp³-hybridized carbons (Fsp3) is 0.545. The van der Waals surface area contributed by atoms with E-state index in [1.54, 1.807) is 38.1 Å². The van der Waals surface area contributed by atoms with Gasteiger partial charge in [0.1, 0.15) is 18.1 Å². The van der Waals surface area contributed by atoms with Crippen LogP contribution in [0.2, 0.25) is 0 Å². The third kappa shape index (κ3) is 20.4. The average Bonchev–Trinajstić information content (AvgIpc) is 3.08. The molecule has 0 aromatic heterocycles. The molecule has 0 aliphatic rings. The molecule has 11 N–H and O–H groups in total. The summed E-state index contributed by atoms with van der Waals surface area (Å²) in [7, 11) is 0. The van der Waals surface area contributed by atoms with Gasteiger partial charge in [-0.25, -0.2) is 14.4 Å². The van der Waals surface area contributed by atoms with E-state index in [-0.39, 0.29) is 31.2 Å². The highest BCUT2D eigenvalue weighted by atomic mass is 32.1. The van der Waals surface area contributed by atoms with Crippen LogP contribution in [0.4, 0.5) is 9.59 Å². The van der Waals surface area contributed by atoms with Gasteiger partial charge in [0.05, 0.1) is 19.3 Å². The van der Waals surface area contributed by atoms with Crippen LogP contribution in [0, 0.1) is 0 Å². The van der Waals surface area contributed by atoms with Crippen molar-refractivity contribution in [1.29, 1.82) is 0 Å². The topological polar surface area (TPSA) is 319 Å². The molecule has 0 heterocycles. The number of hydrogen-bond acceptors (Lipinski definition) is 10. The summed E-state index contributed by atoms with van der Waals surface area (Å²) in [6, 6.07) is 0.105. The number of urea groups is 2. The number of benzene rings is 1. The first kappa shape index (κ1) is 46.4. The first-order valence-corrected chi connectivity index (χ1v) is 17.6. The molecule has 5 atom stereocenters. The average molecular weight is 784 g/mol. The second-order valence-electron chi connectivity index (χ2n) is 12.4. The summed E-state index contributed by atoms with van der Waals surface area (Å²) < 4.78 is 0. The Balaban J connectivity index is 2.52. The Morgan fingerprint density at radius 3 is 1.74 bits per heavy atom. The van der Waals surface area contributed by atoms with Crippen molar-refractivity contribution in [2.24, 2.45) is 0 Å². The molecule has 1 aromatic carbocycles. The molecule has 0 saturated heterocycles. The number of amides is 7. The highest BCUT2D eigenvalue weighted by Crippen LogP contribution is 2.07. The van der Waals surface area contributed by atoms with Gasteiger partial charge in [-0.2, -0.15) is 12.6 Å². The van der Waals surface area contributed by atoms with Crippen LogP contribution in [-0.4, -0.2) is 117 Å². The SMILES string of the molecule is C[C@H](CCCCNC(=O)NCc1ccc(CC(=O)N[C@H](CC(=O)O)C(=O)N[C@H](CC(=O)O)C(=O)N[C@H](C)CS)cc1)NC(=O)N[C@@H](CCC(=O)O)C(=O)O.